The molecular weight excluding hydrogens is 385 g/mol. The molecule has 1 N–H and O–H groups in total. The number of carbonyl (C=O) groups is 1. The lowest BCUT2D eigenvalue weighted by Crippen LogP contribution is -2.47. The van der Waals surface area contributed by atoms with Crippen LogP contribution in [0.15, 0.2) is 17.1 Å². The topological polar surface area (TPSA) is 65.3 Å². The van der Waals surface area contributed by atoms with E-state index >= 15 is 4.39 Å². The van der Waals surface area contributed by atoms with E-state index < -0.39 is 17.3 Å². The minimum absolute atomic E-state index is 0.245. The number of halogens is 1. The fourth-order valence-electron chi connectivity index (χ4n) is 5.45. The Morgan fingerprint density at radius 1 is 1.13 bits per heavy atom. The van der Waals surface area contributed by atoms with Crippen molar-refractivity contribution >= 4 is 17.2 Å². The van der Waals surface area contributed by atoms with E-state index in [-0.39, 0.29) is 11.5 Å². The van der Waals surface area contributed by atoms with Gasteiger partial charge in [-0.15, -0.1) is 0 Å². The zero-order valence-electron chi connectivity index (χ0n) is 17.4. The van der Waals surface area contributed by atoms with E-state index in [0.717, 1.165) is 63.0 Å². The molecule has 0 bridgehead atoms. The first kappa shape index (κ1) is 19.5. The molecule has 3 aliphatic rings. The molecule has 0 aromatic carbocycles. The SMILES string of the molecule is Cc1c(N2CCCC(N3CCCC3)C2)c(F)cn2c(=O)c(C(=O)O)cc(C3CC3)c12. The zero-order chi connectivity index (χ0) is 21.0. The highest BCUT2D eigenvalue weighted by Crippen LogP contribution is 2.44. The molecule has 1 atom stereocenters. The average Bonchev–Trinajstić information content (AvgIpc) is 3.41. The van der Waals surface area contributed by atoms with Crippen molar-refractivity contribution in [2.45, 2.75) is 57.4 Å². The van der Waals surface area contributed by atoms with Crippen molar-refractivity contribution in [1.29, 1.82) is 0 Å². The van der Waals surface area contributed by atoms with Gasteiger partial charge in [0.05, 0.1) is 17.4 Å². The predicted molar refractivity (Wildman–Crippen MR) is 113 cm³/mol. The monoisotopic (exact) mass is 413 g/mol. The Labute approximate surface area is 174 Å². The van der Waals surface area contributed by atoms with Crippen LogP contribution < -0.4 is 10.5 Å². The van der Waals surface area contributed by atoms with Crippen molar-refractivity contribution in [2.24, 2.45) is 0 Å². The molecule has 2 aromatic heterocycles. The third-order valence-electron chi connectivity index (χ3n) is 7.06. The summed E-state index contributed by atoms with van der Waals surface area (Å²) in [6.45, 7) is 5.71. The van der Waals surface area contributed by atoms with Gasteiger partial charge in [0.2, 0.25) is 0 Å². The van der Waals surface area contributed by atoms with Crippen LogP contribution >= 0.6 is 0 Å². The second-order valence-electron chi connectivity index (χ2n) is 9.05. The van der Waals surface area contributed by atoms with Crippen LogP contribution in [0, 0.1) is 12.7 Å². The molecule has 2 aliphatic heterocycles. The number of piperidine rings is 1. The van der Waals surface area contributed by atoms with Gasteiger partial charge in [-0.05, 0) is 81.6 Å². The van der Waals surface area contributed by atoms with Crippen molar-refractivity contribution in [1.82, 2.24) is 9.30 Å². The lowest BCUT2D eigenvalue weighted by Gasteiger charge is -2.39. The number of likely N-dealkylation sites (tertiary alicyclic amines) is 1. The quantitative estimate of drug-likeness (QED) is 0.832. The molecule has 1 aliphatic carbocycles. The summed E-state index contributed by atoms with van der Waals surface area (Å²) in [6, 6.07) is 1.96. The van der Waals surface area contributed by atoms with Crippen LogP contribution in [-0.2, 0) is 0 Å². The van der Waals surface area contributed by atoms with Gasteiger partial charge in [0, 0.05) is 19.1 Å². The summed E-state index contributed by atoms with van der Waals surface area (Å²) in [5.74, 6) is -1.47. The summed E-state index contributed by atoms with van der Waals surface area (Å²) < 4.78 is 16.6. The number of carboxylic acid groups (broad SMARTS) is 1. The van der Waals surface area contributed by atoms with Crippen LogP contribution in [0.4, 0.5) is 10.1 Å². The number of rotatable bonds is 4. The van der Waals surface area contributed by atoms with E-state index in [4.69, 9.17) is 0 Å². The predicted octanol–water partition coefficient (Wildman–Crippen LogP) is 3.39. The standard InChI is InChI=1S/C23H28FN3O3/c1-14-20-17(15-6-7-15)11-18(23(29)30)22(28)27(20)13-19(24)21(14)26-10-4-5-16(12-26)25-8-2-3-9-25/h11,13,15-16H,2-10,12H2,1H3,(H,29,30). The van der Waals surface area contributed by atoms with Gasteiger partial charge in [-0.2, -0.15) is 0 Å². The van der Waals surface area contributed by atoms with Crippen LogP contribution in [0.3, 0.4) is 0 Å². The second-order valence-corrected chi connectivity index (χ2v) is 9.05. The van der Waals surface area contributed by atoms with Crippen molar-refractivity contribution < 1.29 is 14.3 Å². The zero-order valence-corrected chi connectivity index (χ0v) is 17.4. The van der Waals surface area contributed by atoms with Gasteiger partial charge in [0.15, 0.2) is 5.82 Å². The Balaban J connectivity index is 1.63. The van der Waals surface area contributed by atoms with Crippen LogP contribution in [0.1, 0.15) is 65.9 Å². The average molecular weight is 413 g/mol. The van der Waals surface area contributed by atoms with Crippen LogP contribution in [-0.4, -0.2) is 52.6 Å². The van der Waals surface area contributed by atoms with Gasteiger partial charge >= 0.3 is 5.97 Å². The van der Waals surface area contributed by atoms with Gasteiger partial charge < -0.3 is 10.0 Å². The highest BCUT2D eigenvalue weighted by atomic mass is 19.1. The number of anilines is 1. The first-order chi connectivity index (χ1) is 14.5. The summed E-state index contributed by atoms with van der Waals surface area (Å²) >= 11 is 0. The second kappa shape index (κ2) is 7.38. The van der Waals surface area contributed by atoms with Gasteiger partial charge in [-0.3, -0.25) is 14.1 Å². The van der Waals surface area contributed by atoms with Crippen molar-refractivity contribution in [2.75, 3.05) is 31.1 Å². The normalized spacial score (nSPS) is 22.7. The van der Waals surface area contributed by atoms with Crippen molar-refractivity contribution in [3.05, 3.63) is 45.1 Å². The first-order valence-electron chi connectivity index (χ1n) is 11.1. The van der Waals surface area contributed by atoms with Gasteiger partial charge in [-0.1, -0.05) is 0 Å². The van der Waals surface area contributed by atoms with Gasteiger partial charge in [0.25, 0.3) is 5.56 Å². The third kappa shape index (κ3) is 3.20. The molecule has 4 heterocycles. The van der Waals surface area contributed by atoms with Crippen LogP contribution in [0.2, 0.25) is 0 Å². The summed E-state index contributed by atoms with van der Waals surface area (Å²) in [7, 11) is 0. The number of aromatic nitrogens is 1. The Morgan fingerprint density at radius 3 is 2.53 bits per heavy atom. The molecule has 5 rings (SSSR count). The van der Waals surface area contributed by atoms with E-state index in [1.807, 2.05) is 6.92 Å². The Hall–Kier alpha value is -2.41. The highest BCUT2D eigenvalue weighted by molar-refractivity contribution is 5.89. The molecule has 6 nitrogen and oxygen atoms in total. The Bertz CT molecular complexity index is 1070. The lowest BCUT2D eigenvalue weighted by atomic mass is 9.99. The summed E-state index contributed by atoms with van der Waals surface area (Å²) in [4.78, 5) is 29.0. The molecule has 3 fully saturated rings. The molecule has 0 amide bonds. The van der Waals surface area contributed by atoms with E-state index in [9.17, 15) is 14.7 Å². The van der Waals surface area contributed by atoms with E-state index in [0.29, 0.717) is 17.2 Å². The number of hydrogen-bond acceptors (Lipinski definition) is 4. The molecule has 0 spiro atoms. The Kier molecular flexibility index (Phi) is 4.81. The molecule has 30 heavy (non-hydrogen) atoms. The van der Waals surface area contributed by atoms with Crippen molar-refractivity contribution in [3.63, 3.8) is 0 Å². The number of aryl methyl sites for hydroxylation is 1. The minimum Gasteiger partial charge on any atom is -0.477 e. The highest BCUT2D eigenvalue weighted by Gasteiger charge is 2.33. The maximum atomic E-state index is 15.4. The number of pyridine rings is 2. The number of hydrogen-bond donors (Lipinski definition) is 1. The minimum atomic E-state index is -1.26. The maximum absolute atomic E-state index is 15.4. The number of fused-ring (bicyclic) bond motifs is 1. The largest absolute Gasteiger partial charge is 0.477 e. The molecule has 160 valence electrons. The molecule has 1 unspecified atom stereocenters. The molecule has 7 heteroatoms. The van der Waals surface area contributed by atoms with Gasteiger partial charge in [-0.25, -0.2) is 9.18 Å². The van der Waals surface area contributed by atoms with E-state index in [1.54, 1.807) is 0 Å². The van der Waals surface area contributed by atoms with Crippen LogP contribution in [0.5, 0.6) is 0 Å². The van der Waals surface area contributed by atoms with Crippen molar-refractivity contribution in [3.8, 4) is 0 Å². The fourth-order valence-corrected chi connectivity index (χ4v) is 5.45. The maximum Gasteiger partial charge on any atom is 0.341 e. The van der Waals surface area contributed by atoms with Crippen LogP contribution in [0.25, 0.3) is 5.52 Å². The molecule has 2 saturated heterocycles. The number of aromatic carboxylic acids is 1. The molecule has 1 saturated carbocycles. The first-order valence-corrected chi connectivity index (χ1v) is 11.1. The third-order valence-corrected chi connectivity index (χ3v) is 7.06. The number of nitrogens with zero attached hydrogens (tertiary/aromatic N) is 3. The lowest BCUT2D eigenvalue weighted by molar-refractivity contribution is 0.0694. The Morgan fingerprint density at radius 2 is 1.87 bits per heavy atom. The van der Waals surface area contributed by atoms with E-state index in [2.05, 4.69) is 9.80 Å². The summed E-state index contributed by atoms with van der Waals surface area (Å²) in [5, 5.41) is 9.46. The molecular formula is C23H28FN3O3. The molecule has 0 radical (unpaired) electrons. The molecule has 2 aromatic rings. The number of carboxylic acids is 1. The summed E-state index contributed by atoms with van der Waals surface area (Å²) in [6.07, 6.45) is 7.78. The van der Waals surface area contributed by atoms with Gasteiger partial charge in [0.1, 0.15) is 5.56 Å². The smallest absolute Gasteiger partial charge is 0.341 e. The van der Waals surface area contributed by atoms with E-state index in [1.165, 1.54) is 29.5 Å². The fraction of sp³-hybridized carbons (Fsp3) is 0.565. The summed E-state index contributed by atoms with van der Waals surface area (Å²) in [5.41, 5.74) is 1.92.